The van der Waals surface area contributed by atoms with E-state index in [1.54, 1.807) is 0 Å². The molecule has 0 aliphatic carbocycles. The highest BCUT2D eigenvalue weighted by Crippen LogP contribution is 2.68. The lowest BCUT2D eigenvalue weighted by Gasteiger charge is -2.33. The second-order valence-electron chi connectivity index (χ2n) is 2.51. The molecule has 0 atom stereocenters. The molecule has 78 valence electrons. The SMILES string of the molecule is BNC(CC)(P(=O)(O)O)P(=O)(O)O. The summed E-state index contributed by atoms with van der Waals surface area (Å²) in [6.07, 6.45) is -0.363. The quantitative estimate of drug-likeness (QED) is 0.295. The first-order valence-corrected chi connectivity index (χ1v) is 6.65. The molecule has 13 heavy (non-hydrogen) atoms. The average molecular weight is 231 g/mol. The maximum atomic E-state index is 10.9. The van der Waals surface area contributed by atoms with Crippen molar-refractivity contribution in [1.82, 2.24) is 5.23 Å². The highest BCUT2D eigenvalue weighted by atomic mass is 31.2. The van der Waals surface area contributed by atoms with E-state index >= 15 is 0 Å². The van der Waals surface area contributed by atoms with Crippen LogP contribution in [0.2, 0.25) is 0 Å². The summed E-state index contributed by atoms with van der Waals surface area (Å²) in [7, 11) is -8.71. The maximum Gasteiger partial charge on any atom is 0.356 e. The number of hydrogen-bond acceptors (Lipinski definition) is 3. The Morgan fingerprint density at radius 3 is 1.54 bits per heavy atom. The molecule has 0 amide bonds. The lowest BCUT2D eigenvalue weighted by atomic mass is 10.3. The molecule has 7 nitrogen and oxygen atoms in total. The molecule has 0 unspecified atom stereocenters. The van der Waals surface area contributed by atoms with Gasteiger partial charge in [-0.3, -0.25) is 9.13 Å². The first-order chi connectivity index (χ1) is 5.62. The molecule has 0 saturated heterocycles. The zero-order valence-electron chi connectivity index (χ0n) is 7.21. The van der Waals surface area contributed by atoms with Crippen LogP contribution in [0, 0.1) is 0 Å². The minimum Gasteiger partial charge on any atom is -0.337 e. The van der Waals surface area contributed by atoms with Gasteiger partial charge in [0, 0.05) is 0 Å². The molecule has 0 bridgehead atoms. The third-order valence-electron chi connectivity index (χ3n) is 1.86. The van der Waals surface area contributed by atoms with Gasteiger partial charge in [0.1, 0.15) is 0 Å². The molecule has 0 aromatic carbocycles. The smallest absolute Gasteiger partial charge is 0.337 e. The van der Waals surface area contributed by atoms with Crippen molar-refractivity contribution in [3.8, 4) is 0 Å². The van der Waals surface area contributed by atoms with Crippen molar-refractivity contribution >= 4 is 23.2 Å². The Balaban J connectivity index is 5.45. The van der Waals surface area contributed by atoms with Crippen LogP contribution in [0.15, 0.2) is 0 Å². The van der Waals surface area contributed by atoms with Gasteiger partial charge >= 0.3 is 15.2 Å². The van der Waals surface area contributed by atoms with E-state index in [4.69, 9.17) is 19.6 Å². The van der Waals surface area contributed by atoms with Crippen molar-refractivity contribution in [3.05, 3.63) is 0 Å². The minimum absolute atomic E-state index is 0.363. The van der Waals surface area contributed by atoms with Crippen LogP contribution in [0.3, 0.4) is 0 Å². The van der Waals surface area contributed by atoms with Crippen molar-refractivity contribution in [1.29, 1.82) is 0 Å². The molecule has 10 heteroatoms. The first kappa shape index (κ1) is 13.3. The van der Waals surface area contributed by atoms with Crippen LogP contribution in [0.1, 0.15) is 13.3 Å². The van der Waals surface area contributed by atoms with Crippen LogP contribution in [0.4, 0.5) is 0 Å². The van der Waals surface area contributed by atoms with Gasteiger partial charge in [-0.25, -0.2) is 0 Å². The molecular weight excluding hydrogens is 219 g/mol. The third-order valence-corrected chi connectivity index (χ3v) is 6.43. The molecule has 0 rings (SSSR count). The van der Waals surface area contributed by atoms with Crippen molar-refractivity contribution in [3.63, 3.8) is 0 Å². The molecule has 0 aliphatic rings. The standard InChI is InChI=1S/C3H12BNO6P2/c1-2-3(5-4,12(6,7)8)13(9,10)11/h5H,2,4H2,1H3,(H2,6,7,8)(H2,9,10,11). The molecule has 0 aromatic heterocycles. The molecule has 0 spiro atoms. The topological polar surface area (TPSA) is 127 Å². The first-order valence-electron chi connectivity index (χ1n) is 3.42. The van der Waals surface area contributed by atoms with Gasteiger partial charge in [-0.05, 0) is 6.42 Å². The van der Waals surface area contributed by atoms with Crippen molar-refractivity contribution in [2.24, 2.45) is 0 Å². The van der Waals surface area contributed by atoms with Crippen LogP contribution < -0.4 is 5.23 Å². The lowest BCUT2D eigenvalue weighted by Crippen LogP contribution is -2.42. The Morgan fingerprint density at radius 1 is 1.23 bits per heavy atom. The van der Waals surface area contributed by atoms with Crippen molar-refractivity contribution < 1.29 is 28.7 Å². The van der Waals surface area contributed by atoms with Gasteiger partial charge in [0.2, 0.25) is 5.02 Å². The fourth-order valence-electron chi connectivity index (χ4n) is 1.05. The van der Waals surface area contributed by atoms with E-state index < -0.39 is 20.2 Å². The summed E-state index contributed by atoms with van der Waals surface area (Å²) in [4.78, 5) is 35.3. The Morgan fingerprint density at radius 2 is 1.54 bits per heavy atom. The fraction of sp³-hybridized carbons (Fsp3) is 1.00. The van der Waals surface area contributed by atoms with Gasteiger partial charge in [-0.2, -0.15) is 0 Å². The summed E-state index contributed by atoms with van der Waals surface area (Å²) in [5.41, 5.74) is 0. The predicted octanol–water partition coefficient (Wildman–Crippen LogP) is -1.46. The van der Waals surface area contributed by atoms with Gasteiger partial charge in [-0.1, -0.05) is 6.92 Å². The van der Waals surface area contributed by atoms with Crippen LogP contribution >= 0.6 is 15.2 Å². The molecule has 0 saturated carbocycles. The van der Waals surface area contributed by atoms with Gasteiger partial charge in [-0.15, -0.1) is 0 Å². The number of rotatable bonds is 4. The fourth-order valence-corrected chi connectivity index (χ4v) is 3.81. The monoisotopic (exact) mass is 231 g/mol. The molecule has 0 fully saturated rings. The van der Waals surface area contributed by atoms with Crippen LogP contribution in [-0.2, 0) is 9.13 Å². The van der Waals surface area contributed by atoms with Gasteiger partial charge in [0.05, 0.1) is 0 Å². The van der Waals surface area contributed by atoms with Gasteiger partial charge < -0.3 is 24.8 Å². The lowest BCUT2D eigenvalue weighted by molar-refractivity contribution is 0.299. The van der Waals surface area contributed by atoms with E-state index in [1.807, 2.05) is 5.23 Å². The summed E-state index contributed by atoms with van der Waals surface area (Å²) in [6.45, 7) is 1.29. The highest BCUT2D eigenvalue weighted by Gasteiger charge is 2.57. The van der Waals surface area contributed by atoms with E-state index in [1.165, 1.54) is 6.92 Å². The van der Waals surface area contributed by atoms with Crippen LogP contribution in [0.5, 0.6) is 0 Å². The normalized spacial score (nSPS) is 14.5. The largest absolute Gasteiger partial charge is 0.356 e. The molecule has 0 aliphatic heterocycles. The van der Waals surface area contributed by atoms with Crippen LogP contribution in [-0.4, -0.2) is 32.6 Å². The Kier molecular flexibility index (Phi) is 3.92. The summed E-state index contributed by atoms with van der Waals surface area (Å²) >= 11 is 0. The second-order valence-corrected chi connectivity index (χ2v) is 6.56. The molecule has 0 radical (unpaired) electrons. The zero-order valence-corrected chi connectivity index (χ0v) is 9.00. The Hall–Kier alpha value is 0.325. The van der Waals surface area contributed by atoms with E-state index in [0.717, 1.165) is 7.98 Å². The summed E-state index contributed by atoms with van der Waals surface area (Å²) < 4.78 is 21.8. The molecule has 0 aromatic rings. The Labute approximate surface area is 76.3 Å². The summed E-state index contributed by atoms with van der Waals surface area (Å²) in [6, 6.07) is 0. The minimum atomic E-state index is -4.90. The number of hydrogen-bond donors (Lipinski definition) is 5. The molecular formula is C3H12BNO6P2. The average Bonchev–Trinajstić information content (AvgIpc) is 1.84. The van der Waals surface area contributed by atoms with E-state index in [-0.39, 0.29) is 6.42 Å². The van der Waals surface area contributed by atoms with E-state index in [0.29, 0.717) is 0 Å². The predicted molar refractivity (Wildman–Crippen MR) is 48.8 cm³/mol. The van der Waals surface area contributed by atoms with Gasteiger partial charge in [0.15, 0.2) is 7.98 Å². The van der Waals surface area contributed by atoms with Gasteiger partial charge in [0.25, 0.3) is 0 Å². The van der Waals surface area contributed by atoms with Crippen molar-refractivity contribution in [2.45, 2.75) is 18.4 Å². The molecule has 5 N–H and O–H groups in total. The Bertz CT molecular complexity index is 241. The summed E-state index contributed by atoms with van der Waals surface area (Å²) in [5.74, 6) is 0. The van der Waals surface area contributed by atoms with E-state index in [9.17, 15) is 9.13 Å². The van der Waals surface area contributed by atoms with E-state index in [2.05, 4.69) is 0 Å². The number of nitrogens with one attached hydrogen (secondary N) is 1. The van der Waals surface area contributed by atoms with Crippen LogP contribution in [0.25, 0.3) is 0 Å². The second kappa shape index (κ2) is 3.83. The maximum absolute atomic E-state index is 10.9. The third kappa shape index (κ3) is 2.22. The molecule has 0 heterocycles. The highest BCUT2D eigenvalue weighted by molar-refractivity contribution is 7.72. The zero-order chi connectivity index (χ0) is 10.9. The summed E-state index contributed by atoms with van der Waals surface area (Å²) in [5, 5.41) is -0.439. The van der Waals surface area contributed by atoms with Crippen molar-refractivity contribution in [2.75, 3.05) is 0 Å².